The van der Waals surface area contributed by atoms with Crippen molar-refractivity contribution in [3.8, 4) is 0 Å². The SMILES string of the molecule is CCCNc1ccc(C(=O)NCC2(C)CCOCC2)cc1. The molecule has 0 aliphatic carbocycles. The zero-order valence-electron chi connectivity index (χ0n) is 13.1. The van der Waals surface area contributed by atoms with E-state index < -0.39 is 0 Å². The molecule has 0 bridgehead atoms. The Labute approximate surface area is 127 Å². The van der Waals surface area contributed by atoms with E-state index in [9.17, 15) is 4.79 Å². The fourth-order valence-corrected chi connectivity index (χ4v) is 2.45. The fraction of sp³-hybridized carbons (Fsp3) is 0.588. The summed E-state index contributed by atoms with van der Waals surface area (Å²) in [4.78, 5) is 12.2. The molecule has 1 aliphatic rings. The Kier molecular flexibility index (Phi) is 5.62. The predicted octanol–water partition coefficient (Wildman–Crippen LogP) is 3.06. The molecule has 1 saturated heterocycles. The standard InChI is InChI=1S/C17H26N2O2/c1-3-10-18-15-6-4-14(5-7-15)16(20)19-13-17(2)8-11-21-12-9-17/h4-7,18H,3,8-13H2,1-2H3,(H,19,20). The lowest BCUT2D eigenvalue weighted by Gasteiger charge is -2.33. The second kappa shape index (κ2) is 7.46. The average molecular weight is 290 g/mol. The zero-order chi connectivity index (χ0) is 15.1. The van der Waals surface area contributed by atoms with Crippen LogP contribution in [0.25, 0.3) is 0 Å². The number of nitrogens with one attached hydrogen (secondary N) is 2. The van der Waals surface area contributed by atoms with Crippen LogP contribution in [0.3, 0.4) is 0 Å². The summed E-state index contributed by atoms with van der Waals surface area (Å²) in [5.41, 5.74) is 1.94. The maximum Gasteiger partial charge on any atom is 0.251 e. The van der Waals surface area contributed by atoms with Crippen LogP contribution in [-0.4, -0.2) is 32.2 Å². The van der Waals surface area contributed by atoms with Gasteiger partial charge in [0.1, 0.15) is 0 Å². The smallest absolute Gasteiger partial charge is 0.251 e. The van der Waals surface area contributed by atoms with E-state index in [1.165, 1.54) is 0 Å². The van der Waals surface area contributed by atoms with Gasteiger partial charge in [0.2, 0.25) is 0 Å². The minimum atomic E-state index is 0.00441. The van der Waals surface area contributed by atoms with Gasteiger partial charge in [0.15, 0.2) is 0 Å². The van der Waals surface area contributed by atoms with Crippen molar-refractivity contribution in [2.45, 2.75) is 33.1 Å². The van der Waals surface area contributed by atoms with Gasteiger partial charge < -0.3 is 15.4 Å². The average Bonchev–Trinajstić information content (AvgIpc) is 2.52. The number of amides is 1. The van der Waals surface area contributed by atoms with Gasteiger partial charge in [0.05, 0.1) is 0 Å². The van der Waals surface area contributed by atoms with Crippen LogP contribution in [0.2, 0.25) is 0 Å². The van der Waals surface area contributed by atoms with Crippen molar-refractivity contribution in [3.63, 3.8) is 0 Å². The fourth-order valence-electron chi connectivity index (χ4n) is 2.45. The van der Waals surface area contributed by atoms with Gasteiger partial charge >= 0.3 is 0 Å². The Hall–Kier alpha value is -1.55. The van der Waals surface area contributed by atoms with Gasteiger partial charge in [0.25, 0.3) is 5.91 Å². The minimum Gasteiger partial charge on any atom is -0.385 e. The van der Waals surface area contributed by atoms with Gasteiger partial charge in [-0.15, -0.1) is 0 Å². The van der Waals surface area contributed by atoms with E-state index in [2.05, 4.69) is 24.5 Å². The zero-order valence-corrected chi connectivity index (χ0v) is 13.1. The molecule has 1 amide bonds. The van der Waals surface area contributed by atoms with Crippen molar-refractivity contribution in [1.29, 1.82) is 0 Å². The second-order valence-corrected chi connectivity index (χ2v) is 6.11. The molecule has 1 aromatic rings. The van der Waals surface area contributed by atoms with Crippen molar-refractivity contribution in [1.82, 2.24) is 5.32 Å². The number of hydrogen-bond acceptors (Lipinski definition) is 3. The van der Waals surface area contributed by atoms with Crippen LogP contribution >= 0.6 is 0 Å². The normalized spacial score (nSPS) is 17.2. The van der Waals surface area contributed by atoms with Crippen molar-refractivity contribution in [2.24, 2.45) is 5.41 Å². The lowest BCUT2D eigenvalue weighted by Crippen LogP contribution is -2.39. The summed E-state index contributed by atoms with van der Waals surface area (Å²) in [5, 5.41) is 6.36. The first-order valence-corrected chi connectivity index (χ1v) is 7.83. The lowest BCUT2D eigenvalue weighted by molar-refractivity contribution is 0.0238. The molecule has 21 heavy (non-hydrogen) atoms. The summed E-state index contributed by atoms with van der Waals surface area (Å²) in [6.07, 6.45) is 3.10. The number of ether oxygens (including phenoxy) is 1. The first-order valence-electron chi connectivity index (χ1n) is 7.83. The lowest BCUT2D eigenvalue weighted by atomic mass is 9.82. The molecule has 0 radical (unpaired) electrons. The summed E-state index contributed by atoms with van der Waals surface area (Å²) in [5.74, 6) is 0.00441. The molecule has 4 heteroatoms. The third-order valence-corrected chi connectivity index (χ3v) is 4.10. The van der Waals surface area contributed by atoms with Gasteiger partial charge in [-0.2, -0.15) is 0 Å². The summed E-state index contributed by atoms with van der Waals surface area (Å²) >= 11 is 0. The molecule has 0 saturated carbocycles. The van der Waals surface area contributed by atoms with E-state index in [1.54, 1.807) is 0 Å². The molecule has 0 aromatic heterocycles. The predicted molar refractivity (Wildman–Crippen MR) is 85.7 cm³/mol. The van der Waals surface area contributed by atoms with E-state index in [0.29, 0.717) is 12.1 Å². The van der Waals surface area contributed by atoms with Gasteiger partial charge in [-0.3, -0.25) is 4.79 Å². The van der Waals surface area contributed by atoms with Crippen LogP contribution in [0.1, 0.15) is 43.5 Å². The van der Waals surface area contributed by atoms with E-state index in [0.717, 1.165) is 44.7 Å². The second-order valence-electron chi connectivity index (χ2n) is 6.11. The topological polar surface area (TPSA) is 50.4 Å². The molecule has 2 rings (SSSR count). The largest absolute Gasteiger partial charge is 0.385 e. The van der Waals surface area contributed by atoms with Crippen LogP contribution < -0.4 is 10.6 Å². The van der Waals surface area contributed by atoms with Crippen LogP contribution in [0, 0.1) is 5.41 Å². The van der Waals surface area contributed by atoms with Gasteiger partial charge in [-0.25, -0.2) is 0 Å². The quantitative estimate of drug-likeness (QED) is 0.846. The Morgan fingerprint density at radius 3 is 2.52 bits per heavy atom. The number of rotatable bonds is 6. The molecule has 1 aromatic carbocycles. The van der Waals surface area contributed by atoms with Crippen molar-refractivity contribution < 1.29 is 9.53 Å². The van der Waals surface area contributed by atoms with Crippen LogP contribution in [0.15, 0.2) is 24.3 Å². The number of carbonyl (C=O) groups excluding carboxylic acids is 1. The van der Waals surface area contributed by atoms with Crippen LogP contribution in [0.5, 0.6) is 0 Å². The van der Waals surface area contributed by atoms with E-state index in [-0.39, 0.29) is 11.3 Å². The van der Waals surface area contributed by atoms with E-state index in [4.69, 9.17) is 4.74 Å². The molecule has 1 fully saturated rings. The molecule has 0 spiro atoms. The number of anilines is 1. The highest BCUT2D eigenvalue weighted by molar-refractivity contribution is 5.94. The van der Waals surface area contributed by atoms with Crippen LogP contribution in [0.4, 0.5) is 5.69 Å². The highest BCUT2D eigenvalue weighted by atomic mass is 16.5. The highest BCUT2D eigenvalue weighted by Gasteiger charge is 2.27. The van der Waals surface area contributed by atoms with Crippen molar-refractivity contribution in [2.75, 3.05) is 31.6 Å². The Bertz CT molecular complexity index is 450. The Balaban J connectivity index is 1.85. The van der Waals surface area contributed by atoms with Crippen molar-refractivity contribution in [3.05, 3.63) is 29.8 Å². The molecule has 2 N–H and O–H groups in total. The minimum absolute atomic E-state index is 0.00441. The molecular formula is C17H26N2O2. The van der Waals surface area contributed by atoms with E-state index >= 15 is 0 Å². The monoisotopic (exact) mass is 290 g/mol. The summed E-state index contributed by atoms with van der Waals surface area (Å²) in [6, 6.07) is 7.67. The molecular weight excluding hydrogens is 264 g/mol. The van der Waals surface area contributed by atoms with Crippen molar-refractivity contribution >= 4 is 11.6 Å². The summed E-state index contributed by atoms with van der Waals surface area (Å²) in [6.45, 7) is 7.60. The Morgan fingerprint density at radius 1 is 1.24 bits per heavy atom. The number of hydrogen-bond donors (Lipinski definition) is 2. The molecule has 0 unspecified atom stereocenters. The van der Waals surface area contributed by atoms with E-state index in [1.807, 2.05) is 24.3 Å². The number of carbonyl (C=O) groups is 1. The maximum atomic E-state index is 12.2. The molecule has 116 valence electrons. The Morgan fingerprint density at radius 2 is 1.90 bits per heavy atom. The van der Waals surface area contributed by atoms with Gasteiger partial charge in [-0.1, -0.05) is 13.8 Å². The molecule has 1 heterocycles. The maximum absolute atomic E-state index is 12.2. The first kappa shape index (κ1) is 15.8. The summed E-state index contributed by atoms with van der Waals surface area (Å²) in [7, 11) is 0. The highest BCUT2D eigenvalue weighted by Crippen LogP contribution is 2.28. The summed E-state index contributed by atoms with van der Waals surface area (Å²) < 4.78 is 5.38. The third-order valence-electron chi connectivity index (χ3n) is 4.10. The molecule has 4 nitrogen and oxygen atoms in total. The first-order chi connectivity index (χ1) is 10.1. The number of benzene rings is 1. The third kappa shape index (κ3) is 4.74. The molecule has 1 aliphatic heterocycles. The van der Waals surface area contributed by atoms with Crippen LogP contribution in [-0.2, 0) is 4.74 Å². The van der Waals surface area contributed by atoms with Gasteiger partial charge in [-0.05, 0) is 48.9 Å². The van der Waals surface area contributed by atoms with Gasteiger partial charge in [0, 0.05) is 37.6 Å². The molecule has 0 atom stereocenters.